The van der Waals surface area contributed by atoms with Crippen LogP contribution in [-0.2, 0) is 33.0 Å². The normalized spacial score (nSPS) is 13.0. The lowest BCUT2D eigenvalue weighted by molar-refractivity contribution is 0.0708. The predicted octanol–water partition coefficient (Wildman–Crippen LogP) is 3.76. The highest BCUT2D eigenvalue weighted by atomic mass is 19.2. The van der Waals surface area contributed by atoms with Crippen LogP contribution in [0.1, 0.15) is 39.5 Å². The van der Waals surface area contributed by atoms with Crippen LogP contribution in [0.4, 0.5) is 13.2 Å². The van der Waals surface area contributed by atoms with Gasteiger partial charge in [0, 0.05) is 12.7 Å². The third-order valence-corrected chi connectivity index (χ3v) is 5.02. The molecule has 1 aliphatic carbocycles. The van der Waals surface area contributed by atoms with Crippen LogP contribution in [0.25, 0.3) is 0 Å². The van der Waals surface area contributed by atoms with Gasteiger partial charge in [-0.15, -0.1) is 0 Å². The lowest BCUT2D eigenvalue weighted by Crippen LogP contribution is -2.31. The maximum atomic E-state index is 14.2. The lowest BCUT2D eigenvalue weighted by Gasteiger charge is -2.22. The van der Waals surface area contributed by atoms with Gasteiger partial charge in [0.15, 0.2) is 17.5 Å². The summed E-state index contributed by atoms with van der Waals surface area (Å²) in [5, 5.41) is 4.50. The Labute approximate surface area is 159 Å². The maximum absolute atomic E-state index is 14.2. The monoisotopic (exact) mass is 389 g/mol. The van der Waals surface area contributed by atoms with Gasteiger partial charge in [-0.25, -0.2) is 13.2 Å². The van der Waals surface area contributed by atoms with Crippen molar-refractivity contribution < 1.29 is 22.4 Å². The number of hydrogen-bond acceptors (Lipinski definition) is 3. The van der Waals surface area contributed by atoms with Crippen LogP contribution in [0.15, 0.2) is 34.9 Å². The highest BCUT2D eigenvalue weighted by molar-refractivity contribution is 5.94. The SMILES string of the molecule is Cn1nc(CN(Cc2ccco2)C(=O)c2ccc(F)c(F)c2F)c2c1CCC2. The minimum absolute atomic E-state index is 0.0512. The first kappa shape index (κ1) is 18.3. The minimum atomic E-state index is -1.66. The van der Waals surface area contributed by atoms with Gasteiger partial charge in [-0.2, -0.15) is 5.10 Å². The molecule has 0 unspecified atom stereocenters. The molecule has 2 aromatic heterocycles. The van der Waals surface area contributed by atoms with Crippen molar-refractivity contribution in [1.82, 2.24) is 14.7 Å². The second kappa shape index (κ2) is 7.18. The molecule has 0 fully saturated rings. The Morgan fingerprint density at radius 1 is 1.18 bits per heavy atom. The Hall–Kier alpha value is -3.03. The molecule has 2 heterocycles. The van der Waals surface area contributed by atoms with Crippen LogP contribution in [-0.4, -0.2) is 20.6 Å². The number of carbonyl (C=O) groups is 1. The fraction of sp³-hybridized carbons (Fsp3) is 0.300. The van der Waals surface area contributed by atoms with Crippen molar-refractivity contribution >= 4 is 5.91 Å². The number of benzene rings is 1. The van der Waals surface area contributed by atoms with E-state index >= 15 is 0 Å². The van der Waals surface area contributed by atoms with E-state index in [1.165, 1.54) is 11.2 Å². The number of aryl methyl sites for hydroxylation is 1. The van der Waals surface area contributed by atoms with E-state index in [1.54, 1.807) is 16.8 Å². The molecule has 1 aliphatic rings. The fourth-order valence-electron chi connectivity index (χ4n) is 3.66. The molecule has 146 valence electrons. The second-order valence-electron chi connectivity index (χ2n) is 6.81. The average molecular weight is 389 g/mol. The van der Waals surface area contributed by atoms with E-state index in [4.69, 9.17) is 4.42 Å². The topological polar surface area (TPSA) is 51.3 Å². The van der Waals surface area contributed by atoms with Crippen molar-refractivity contribution in [1.29, 1.82) is 0 Å². The zero-order chi connectivity index (χ0) is 19.8. The summed E-state index contributed by atoms with van der Waals surface area (Å²) in [5.74, 6) is -4.77. The maximum Gasteiger partial charge on any atom is 0.257 e. The number of carbonyl (C=O) groups excluding carboxylic acids is 1. The van der Waals surface area contributed by atoms with Crippen LogP contribution in [0.5, 0.6) is 0 Å². The van der Waals surface area contributed by atoms with Crippen molar-refractivity contribution in [2.75, 3.05) is 0 Å². The van der Waals surface area contributed by atoms with E-state index < -0.39 is 28.9 Å². The number of fused-ring (bicyclic) bond motifs is 1. The third-order valence-electron chi connectivity index (χ3n) is 5.02. The van der Waals surface area contributed by atoms with Crippen molar-refractivity contribution in [3.8, 4) is 0 Å². The molecular weight excluding hydrogens is 371 g/mol. The van der Waals surface area contributed by atoms with Gasteiger partial charge in [0.1, 0.15) is 5.76 Å². The first-order chi connectivity index (χ1) is 13.5. The Balaban J connectivity index is 1.69. The van der Waals surface area contributed by atoms with Crippen molar-refractivity contribution in [2.24, 2.45) is 7.05 Å². The summed E-state index contributed by atoms with van der Waals surface area (Å²) in [5.41, 5.74) is 2.40. The molecule has 5 nitrogen and oxygen atoms in total. The van der Waals surface area contributed by atoms with E-state index in [9.17, 15) is 18.0 Å². The number of halogens is 3. The van der Waals surface area contributed by atoms with E-state index in [0.29, 0.717) is 5.76 Å². The van der Waals surface area contributed by atoms with Crippen molar-refractivity contribution in [3.05, 3.63) is 76.3 Å². The molecule has 0 N–H and O–H groups in total. The molecule has 3 aromatic rings. The van der Waals surface area contributed by atoms with Gasteiger partial charge in [0.2, 0.25) is 0 Å². The summed E-state index contributed by atoms with van der Waals surface area (Å²) in [6.07, 6.45) is 4.26. The lowest BCUT2D eigenvalue weighted by atomic mass is 10.1. The summed E-state index contributed by atoms with van der Waals surface area (Å²) in [4.78, 5) is 14.3. The van der Waals surface area contributed by atoms with Gasteiger partial charge in [0.05, 0.1) is 30.6 Å². The molecule has 0 saturated heterocycles. The summed E-state index contributed by atoms with van der Waals surface area (Å²) < 4.78 is 48.2. The first-order valence-electron chi connectivity index (χ1n) is 8.94. The predicted molar refractivity (Wildman–Crippen MR) is 93.8 cm³/mol. The zero-order valence-corrected chi connectivity index (χ0v) is 15.2. The number of amides is 1. The number of aromatic nitrogens is 2. The molecule has 0 spiro atoms. The molecular formula is C20H18F3N3O2. The van der Waals surface area contributed by atoms with Gasteiger partial charge in [0.25, 0.3) is 5.91 Å². The third kappa shape index (κ3) is 3.19. The van der Waals surface area contributed by atoms with Crippen LogP contribution in [0, 0.1) is 17.5 Å². The number of rotatable bonds is 5. The van der Waals surface area contributed by atoms with Gasteiger partial charge in [-0.1, -0.05) is 0 Å². The quantitative estimate of drug-likeness (QED) is 0.625. The van der Waals surface area contributed by atoms with Gasteiger partial charge < -0.3 is 9.32 Å². The fourth-order valence-corrected chi connectivity index (χ4v) is 3.66. The summed E-state index contributed by atoms with van der Waals surface area (Å²) in [7, 11) is 1.85. The Bertz CT molecular complexity index is 1030. The first-order valence-corrected chi connectivity index (χ1v) is 8.94. The van der Waals surface area contributed by atoms with Crippen LogP contribution in [0.3, 0.4) is 0 Å². The van der Waals surface area contributed by atoms with E-state index in [2.05, 4.69) is 5.10 Å². The summed E-state index contributed by atoms with van der Waals surface area (Å²) in [6.45, 7) is 0.163. The highest BCUT2D eigenvalue weighted by Gasteiger charge is 2.28. The van der Waals surface area contributed by atoms with Crippen LogP contribution in [0.2, 0.25) is 0 Å². The van der Waals surface area contributed by atoms with Crippen LogP contribution >= 0.6 is 0 Å². The average Bonchev–Trinajstić information content (AvgIpc) is 3.40. The molecule has 0 bridgehead atoms. The molecule has 8 heteroatoms. The molecule has 4 rings (SSSR count). The molecule has 0 atom stereocenters. The second-order valence-corrected chi connectivity index (χ2v) is 6.81. The summed E-state index contributed by atoms with van der Waals surface area (Å²) >= 11 is 0. The van der Waals surface area contributed by atoms with Gasteiger partial charge >= 0.3 is 0 Å². The number of hydrogen-bond donors (Lipinski definition) is 0. The van der Waals surface area contributed by atoms with Crippen molar-refractivity contribution in [3.63, 3.8) is 0 Å². The van der Waals surface area contributed by atoms with Gasteiger partial charge in [-0.3, -0.25) is 9.48 Å². The zero-order valence-electron chi connectivity index (χ0n) is 15.2. The minimum Gasteiger partial charge on any atom is -0.467 e. The Morgan fingerprint density at radius 2 is 2.00 bits per heavy atom. The highest BCUT2D eigenvalue weighted by Crippen LogP contribution is 2.27. The largest absolute Gasteiger partial charge is 0.467 e. The van der Waals surface area contributed by atoms with E-state index in [-0.39, 0.29) is 13.1 Å². The molecule has 0 saturated carbocycles. The molecule has 28 heavy (non-hydrogen) atoms. The number of nitrogens with zero attached hydrogens (tertiary/aromatic N) is 3. The Kier molecular flexibility index (Phi) is 4.70. The molecule has 0 radical (unpaired) electrons. The summed E-state index contributed by atoms with van der Waals surface area (Å²) in [6, 6.07) is 5.06. The van der Waals surface area contributed by atoms with E-state index in [1.807, 2.05) is 7.05 Å². The smallest absolute Gasteiger partial charge is 0.257 e. The van der Waals surface area contributed by atoms with E-state index in [0.717, 1.165) is 48.3 Å². The Morgan fingerprint density at radius 3 is 2.75 bits per heavy atom. The van der Waals surface area contributed by atoms with Crippen molar-refractivity contribution in [2.45, 2.75) is 32.4 Å². The standard InChI is InChI=1S/C20H18F3N3O2/c1-25-17-6-2-5-13(17)16(24-25)11-26(10-12-4-3-9-28-12)20(27)14-7-8-15(21)19(23)18(14)22/h3-4,7-9H,2,5-6,10-11H2,1H3. The van der Waals surface area contributed by atoms with Gasteiger partial charge in [-0.05, 0) is 49.1 Å². The molecule has 1 amide bonds. The molecule has 0 aliphatic heterocycles. The van der Waals surface area contributed by atoms with Crippen LogP contribution < -0.4 is 0 Å². The molecule has 1 aromatic carbocycles. The number of furan rings is 1.